The maximum absolute atomic E-state index is 12.0. The van der Waals surface area contributed by atoms with Crippen LogP contribution in [0.1, 0.15) is 30.3 Å². The minimum absolute atomic E-state index is 0.215. The first-order valence-corrected chi connectivity index (χ1v) is 7.69. The molecule has 116 valence electrons. The van der Waals surface area contributed by atoms with Gasteiger partial charge in [0.25, 0.3) is 5.91 Å². The van der Waals surface area contributed by atoms with E-state index >= 15 is 0 Å². The lowest BCUT2D eigenvalue weighted by molar-refractivity contribution is 0.0948. The summed E-state index contributed by atoms with van der Waals surface area (Å²) in [7, 11) is 0. The molecule has 1 heterocycles. The molecule has 7 heteroatoms. The Hall–Kier alpha value is -1.85. The number of halogens is 2. The van der Waals surface area contributed by atoms with E-state index in [2.05, 4.69) is 27.5 Å². The Bertz CT molecular complexity index is 664. The highest BCUT2D eigenvalue weighted by molar-refractivity contribution is 6.42. The SMILES string of the molecule is CCCCNC(=O)c1ccnc(Nc2ccc(Cl)c(Cl)c2)n1. The molecule has 2 rings (SSSR count). The monoisotopic (exact) mass is 338 g/mol. The second-order valence-electron chi connectivity index (χ2n) is 4.63. The van der Waals surface area contributed by atoms with Crippen LogP contribution in [0.25, 0.3) is 0 Å². The second kappa shape index (κ2) is 7.96. The zero-order valence-electron chi connectivity index (χ0n) is 12.1. The van der Waals surface area contributed by atoms with E-state index in [0.29, 0.717) is 33.9 Å². The van der Waals surface area contributed by atoms with Crippen LogP contribution in [-0.2, 0) is 0 Å². The van der Waals surface area contributed by atoms with Crippen molar-refractivity contribution >= 4 is 40.7 Å². The fraction of sp³-hybridized carbons (Fsp3) is 0.267. The molecule has 2 N–H and O–H groups in total. The van der Waals surface area contributed by atoms with Gasteiger partial charge in [0.05, 0.1) is 10.0 Å². The van der Waals surface area contributed by atoms with E-state index in [4.69, 9.17) is 23.2 Å². The van der Waals surface area contributed by atoms with E-state index in [-0.39, 0.29) is 5.91 Å². The molecule has 1 aromatic heterocycles. The fourth-order valence-electron chi connectivity index (χ4n) is 1.72. The van der Waals surface area contributed by atoms with Crippen molar-refractivity contribution in [3.05, 3.63) is 46.2 Å². The molecule has 0 aliphatic rings. The van der Waals surface area contributed by atoms with Crippen LogP contribution in [0.5, 0.6) is 0 Å². The molecular weight excluding hydrogens is 323 g/mol. The van der Waals surface area contributed by atoms with Gasteiger partial charge in [-0.1, -0.05) is 36.5 Å². The van der Waals surface area contributed by atoms with Crippen molar-refractivity contribution in [2.75, 3.05) is 11.9 Å². The van der Waals surface area contributed by atoms with Crippen molar-refractivity contribution in [1.82, 2.24) is 15.3 Å². The highest BCUT2D eigenvalue weighted by Crippen LogP contribution is 2.26. The van der Waals surface area contributed by atoms with Crippen molar-refractivity contribution in [2.24, 2.45) is 0 Å². The Kier molecular flexibility index (Phi) is 5.98. The fourth-order valence-corrected chi connectivity index (χ4v) is 2.02. The zero-order valence-corrected chi connectivity index (χ0v) is 13.6. The lowest BCUT2D eigenvalue weighted by Crippen LogP contribution is -2.25. The number of aromatic nitrogens is 2. The number of unbranched alkanes of at least 4 members (excludes halogenated alkanes) is 1. The minimum atomic E-state index is -0.215. The van der Waals surface area contributed by atoms with E-state index in [1.165, 1.54) is 6.20 Å². The summed E-state index contributed by atoms with van der Waals surface area (Å²) in [5, 5.41) is 6.70. The summed E-state index contributed by atoms with van der Waals surface area (Å²) in [4.78, 5) is 20.2. The summed E-state index contributed by atoms with van der Waals surface area (Å²) in [5.74, 6) is 0.106. The maximum Gasteiger partial charge on any atom is 0.270 e. The predicted octanol–water partition coefficient (Wildman–Crippen LogP) is 4.06. The number of hydrogen-bond donors (Lipinski definition) is 2. The third-order valence-corrected chi connectivity index (χ3v) is 3.62. The van der Waals surface area contributed by atoms with Gasteiger partial charge >= 0.3 is 0 Å². The normalized spacial score (nSPS) is 10.3. The smallest absolute Gasteiger partial charge is 0.270 e. The summed E-state index contributed by atoms with van der Waals surface area (Å²) in [6.45, 7) is 2.70. The summed E-state index contributed by atoms with van der Waals surface area (Å²) in [6, 6.07) is 6.67. The number of carbonyl (C=O) groups is 1. The molecule has 0 bridgehead atoms. The van der Waals surface area contributed by atoms with Crippen LogP contribution in [0, 0.1) is 0 Å². The number of amides is 1. The maximum atomic E-state index is 12.0. The zero-order chi connectivity index (χ0) is 15.9. The van der Waals surface area contributed by atoms with Crippen molar-refractivity contribution in [1.29, 1.82) is 0 Å². The molecular formula is C15H16Cl2N4O. The third kappa shape index (κ3) is 4.58. The Morgan fingerprint density at radius 1 is 1.23 bits per heavy atom. The molecule has 1 aromatic carbocycles. The van der Waals surface area contributed by atoms with E-state index in [1.807, 2.05) is 0 Å². The number of rotatable bonds is 6. The molecule has 0 saturated carbocycles. The van der Waals surface area contributed by atoms with E-state index < -0.39 is 0 Å². The van der Waals surface area contributed by atoms with Gasteiger partial charge in [-0.25, -0.2) is 9.97 Å². The van der Waals surface area contributed by atoms with Crippen molar-refractivity contribution in [2.45, 2.75) is 19.8 Å². The molecule has 0 saturated heterocycles. The van der Waals surface area contributed by atoms with Gasteiger partial charge in [-0.05, 0) is 30.7 Å². The Morgan fingerprint density at radius 3 is 2.77 bits per heavy atom. The number of carbonyl (C=O) groups excluding carboxylic acids is 1. The molecule has 1 amide bonds. The van der Waals surface area contributed by atoms with Crippen LogP contribution in [0.3, 0.4) is 0 Å². The van der Waals surface area contributed by atoms with Crippen LogP contribution in [0.2, 0.25) is 10.0 Å². The molecule has 2 aromatic rings. The van der Waals surface area contributed by atoms with Crippen molar-refractivity contribution in [3.63, 3.8) is 0 Å². The number of benzene rings is 1. The first-order chi connectivity index (χ1) is 10.6. The molecule has 0 aliphatic heterocycles. The first kappa shape index (κ1) is 16.5. The molecule has 0 aliphatic carbocycles. The summed E-state index contributed by atoms with van der Waals surface area (Å²) in [6.07, 6.45) is 3.49. The van der Waals surface area contributed by atoms with Gasteiger partial charge in [0.2, 0.25) is 5.95 Å². The van der Waals surface area contributed by atoms with Gasteiger partial charge in [-0.2, -0.15) is 0 Å². The molecule has 0 atom stereocenters. The minimum Gasteiger partial charge on any atom is -0.351 e. The van der Waals surface area contributed by atoms with Gasteiger partial charge in [0.1, 0.15) is 5.69 Å². The van der Waals surface area contributed by atoms with Gasteiger partial charge in [0, 0.05) is 18.4 Å². The number of anilines is 2. The van der Waals surface area contributed by atoms with E-state index in [1.54, 1.807) is 24.3 Å². The predicted molar refractivity (Wildman–Crippen MR) is 89.0 cm³/mol. The lowest BCUT2D eigenvalue weighted by atomic mass is 10.3. The summed E-state index contributed by atoms with van der Waals surface area (Å²) >= 11 is 11.8. The van der Waals surface area contributed by atoms with Gasteiger partial charge in [0.15, 0.2) is 0 Å². The number of hydrogen-bond acceptors (Lipinski definition) is 4. The highest BCUT2D eigenvalue weighted by atomic mass is 35.5. The Morgan fingerprint density at radius 2 is 2.05 bits per heavy atom. The van der Waals surface area contributed by atoms with Crippen LogP contribution in [0.4, 0.5) is 11.6 Å². The molecule has 0 spiro atoms. The molecule has 0 unspecified atom stereocenters. The topological polar surface area (TPSA) is 66.9 Å². The highest BCUT2D eigenvalue weighted by Gasteiger charge is 2.08. The van der Waals surface area contributed by atoms with Crippen LogP contribution < -0.4 is 10.6 Å². The number of nitrogens with one attached hydrogen (secondary N) is 2. The van der Waals surface area contributed by atoms with E-state index in [9.17, 15) is 4.79 Å². The van der Waals surface area contributed by atoms with Crippen molar-refractivity contribution < 1.29 is 4.79 Å². The molecule has 5 nitrogen and oxygen atoms in total. The average Bonchev–Trinajstić information content (AvgIpc) is 2.51. The van der Waals surface area contributed by atoms with Gasteiger partial charge in [-0.15, -0.1) is 0 Å². The molecule has 0 radical (unpaired) electrons. The quantitative estimate of drug-likeness (QED) is 0.779. The Balaban J connectivity index is 2.07. The standard InChI is InChI=1S/C15H16Cl2N4O/c1-2-3-7-18-14(22)13-6-8-19-15(21-13)20-10-4-5-11(16)12(17)9-10/h4-6,8-9H,2-3,7H2,1H3,(H,18,22)(H,19,20,21). The van der Waals surface area contributed by atoms with Crippen LogP contribution in [0.15, 0.2) is 30.5 Å². The molecule has 22 heavy (non-hydrogen) atoms. The third-order valence-electron chi connectivity index (χ3n) is 2.88. The van der Waals surface area contributed by atoms with Gasteiger partial charge in [-0.3, -0.25) is 4.79 Å². The first-order valence-electron chi connectivity index (χ1n) is 6.93. The van der Waals surface area contributed by atoms with E-state index in [0.717, 1.165) is 12.8 Å². The average molecular weight is 339 g/mol. The van der Waals surface area contributed by atoms with Crippen LogP contribution >= 0.6 is 23.2 Å². The van der Waals surface area contributed by atoms with Crippen LogP contribution in [-0.4, -0.2) is 22.4 Å². The Labute approximate surface area is 139 Å². The van der Waals surface area contributed by atoms with Gasteiger partial charge < -0.3 is 10.6 Å². The molecule has 0 fully saturated rings. The summed E-state index contributed by atoms with van der Waals surface area (Å²) < 4.78 is 0. The summed E-state index contributed by atoms with van der Waals surface area (Å²) in [5.41, 5.74) is 1.01. The number of nitrogens with zero attached hydrogens (tertiary/aromatic N) is 2. The largest absolute Gasteiger partial charge is 0.351 e. The lowest BCUT2D eigenvalue weighted by Gasteiger charge is -2.08. The second-order valence-corrected chi connectivity index (χ2v) is 5.44. The van der Waals surface area contributed by atoms with Crippen molar-refractivity contribution in [3.8, 4) is 0 Å².